The highest BCUT2D eigenvalue weighted by molar-refractivity contribution is 5.95. The maximum Gasteiger partial charge on any atom is 0.338 e. The van der Waals surface area contributed by atoms with Gasteiger partial charge in [-0.15, -0.1) is 0 Å². The van der Waals surface area contributed by atoms with Crippen LogP contribution in [0.3, 0.4) is 0 Å². The summed E-state index contributed by atoms with van der Waals surface area (Å²) in [4.78, 5) is 23.9. The Hall–Kier alpha value is -3.23. The van der Waals surface area contributed by atoms with Gasteiger partial charge < -0.3 is 19.5 Å². The molecule has 0 atom stereocenters. The van der Waals surface area contributed by atoms with Gasteiger partial charge in [0.2, 0.25) is 0 Å². The van der Waals surface area contributed by atoms with Crippen molar-refractivity contribution in [1.29, 1.82) is 0 Å². The number of ether oxygens (including phenoxy) is 3. The van der Waals surface area contributed by atoms with Crippen LogP contribution < -0.4 is 14.8 Å². The summed E-state index contributed by atoms with van der Waals surface area (Å²) in [6, 6.07) is 5.89. The standard InChI is InChI=1S/C19H18F3NO5/c1-3-26-14-8-5-11(9-15(14)27-4-2)19(25)28-10-16(24)23-13-7-6-12(20)17(21)18(13)22/h5-9H,3-4,10H2,1-2H3,(H,23,24). The number of nitrogens with one attached hydrogen (secondary N) is 1. The van der Waals surface area contributed by atoms with Crippen LogP contribution in [0.2, 0.25) is 0 Å². The molecule has 0 heterocycles. The number of carbonyl (C=O) groups is 2. The van der Waals surface area contributed by atoms with Crippen molar-refractivity contribution in [2.75, 3.05) is 25.1 Å². The third-order valence-corrected chi connectivity index (χ3v) is 3.42. The van der Waals surface area contributed by atoms with Crippen LogP contribution in [0, 0.1) is 17.5 Å². The number of benzene rings is 2. The molecule has 2 rings (SSSR count). The molecule has 150 valence electrons. The van der Waals surface area contributed by atoms with E-state index in [1.165, 1.54) is 18.2 Å². The number of amides is 1. The van der Waals surface area contributed by atoms with Crippen LogP contribution in [-0.2, 0) is 9.53 Å². The molecule has 0 aromatic heterocycles. The second kappa shape index (κ2) is 9.63. The predicted molar refractivity (Wildman–Crippen MR) is 94.0 cm³/mol. The van der Waals surface area contributed by atoms with Gasteiger partial charge in [-0.1, -0.05) is 0 Å². The third-order valence-electron chi connectivity index (χ3n) is 3.42. The summed E-state index contributed by atoms with van der Waals surface area (Å²) in [7, 11) is 0. The summed E-state index contributed by atoms with van der Waals surface area (Å²) >= 11 is 0. The molecule has 6 nitrogen and oxygen atoms in total. The minimum Gasteiger partial charge on any atom is -0.490 e. The molecule has 2 aromatic carbocycles. The maximum absolute atomic E-state index is 13.5. The molecule has 28 heavy (non-hydrogen) atoms. The first-order valence-corrected chi connectivity index (χ1v) is 8.37. The Labute approximate surface area is 159 Å². The number of carbonyl (C=O) groups excluding carboxylic acids is 2. The second-order valence-corrected chi connectivity index (χ2v) is 5.37. The summed E-state index contributed by atoms with van der Waals surface area (Å²) in [6.45, 7) is 3.56. The lowest BCUT2D eigenvalue weighted by atomic mass is 10.2. The van der Waals surface area contributed by atoms with E-state index in [0.29, 0.717) is 30.8 Å². The van der Waals surface area contributed by atoms with Crippen LogP contribution in [0.15, 0.2) is 30.3 Å². The molecule has 0 radical (unpaired) electrons. The highest BCUT2D eigenvalue weighted by atomic mass is 19.2. The number of hydrogen-bond donors (Lipinski definition) is 1. The molecule has 0 aliphatic rings. The largest absolute Gasteiger partial charge is 0.490 e. The van der Waals surface area contributed by atoms with Crippen molar-refractivity contribution in [2.45, 2.75) is 13.8 Å². The Kier molecular flexibility index (Phi) is 7.25. The van der Waals surface area contributed by atoms with E-state index in [1.807, 2.05) is 5.32 Å². The molecule has 0 unspecified atom stereocenters. The van der Waals surface area contributed by atoms with Crippen LogP contribution >= 0.6 is 0 Å². The van der Waals surface area contributed by atoms with Crippen molar-refractivity contribution in [2.24, 2.45) is 0 Å². The first-order chi connectivity index (χ1) is 13.4. The molecular formula is C19H18F3NO5. The number of halogens is 3. The minimum atomic E-state index is -1.72. The van der Waals surface area contributed by atoms with Gasteiger partial charge in [0.1, 0.15) is 0 Å². The van der Waals surface area contributed by atoms with Crippen molar-refractivity contribution in [1.82, 2.24) is 0 Å². The smallest absolute Gasteiger partial charge is 0.338 e. The molecule has 0 aliphatic heterocycles. The van der Waals surface area contributed by atoms with Gasteiger partial charge >= 0.3 is 5.97 Å². The molecule has 2 aromatic rings. The Balaban J connectivity index is 2.00. The number of hydrogen-bond acceptors (Lipinski definition) is 5. The maximum atomic E-state index is 13.5. The molecule has 0 bridgehead atoms. The van der Waals surface area contributed by atoms with E-state index in [2.05, 4.69) is 0 Å². The van der Waals surface area contributed by atoms with E-state index in [9.17, 15) is 22.8 Å². The molecule has 9 heteroatoms. The zero-order valence-corrected chi connectivity index (χ0v) is 15.2. The van der Waals surface area contributed by atoms with Crippen LogP contribution in [0.25, 0.3) is 0 Å². The first-order valence-electron chi connectivity index (χ1n) is 8.37. The summed E-state index contributed by atoms with van der Waals surface area (Å²) in [5.41, 5.74) is -0.460. The van der Waals surface area contributed by atoms with Gasteiger partial charge in [0.15, 0.2) is 35.6 Å². The van der Waals surface area contributed by atoms with E-state index in [4.69, 9.17) is 14.2 Å². The number of rotatable bonds is 8. The molecule has 1 amide bonds. The predicted octanol–water partition coefficient (Wildman–Crippen LogP) is 3.70. The molecule has 0 aliphatic carbocycles. The van der Waals surface area contributed by atoms with Crippen LogP contribution in [0.1, 0.15) is 24.2 Å². The lowest BCUT2D eigenvalue weighted by Crippen LogP contribution is -2.21. The van der Waals surface area contributed by atoms with Gasteiger partial charge in [-0.2, -0.15) is 0 Å². The van der Waals surface area contributed by atoms with Gasteiger partial charge in [0.25, 0.3) is 5.91 Å². The molecule has 0 spiro atoms. The Morgan fingerprint density at radius 3 is 2.29 bits per heavy atom. The lowest BCUT2D eigenvalue weighted by Gasteiger charge is -2.12. The monoisotopic (exact) mass is 397 g/mol. The van der Waals surface area contributed by atoms with Gasteiger partial charge in [-0.05, 0) is 44.2 Å². The average Bonchev–Trinajstić information content (AvgIpc) is 2.68. The number of esters is 1. The zero-order chi connectivity index (χ0) is 20.7. The Bertz CT molecular complexity index is 873. The van der Waals surface area contributed by atoms with Crippen molar-refractivity contribution in [3.63, 3.8) is 0 Å². The summed E-state index contributed by atoms with van der Waals surface area (Å²) < 4.78 is 55.2. The Morgan fingerprint density at radius 2 is 1.61 bits per heavy atom. The minimum absolute atomic E-state index is 0.110. The van der Waals surface area contributed by atoms with E-state index in [0.717, 1.165) is 6.07 Å². The quantitative estimate of drug-likeness (QED) is 0.543. The van der Waals surface area contributed by atoms with Crippen LogP contribution in [-0.4, -0.2) is 31.7 Å². The van der Waals surface area contributed by atoms with Gasteiger partial charge in [-0.25, -0.2) is 18.0 Å². The molecule has 0 saturated heterocycles. The van der Waals surface area contributed by atoms with E-state index >= 15 is 0 Å². The fourth-order valence-electron chi connectivity index (χ4n) is 2.20. The first kappa shape index (κ1) is 21.1. The van der Waals surface area contributed by atoms with Crippen LogP contribution in [0.4, 0.5) is 18.9 Å². The second-order valence-electron chi connectivity index (χ2n) is 5.37. The highest BCUT2D eigenvalue weighted by Gasteiger charge is 2.17. The van der Waals surface area contributed by atoms with Gasteiger partial charge in [-0.3, -0.25) is 4.79 Å². The van der Waals surface area contributed by atoms with E-state index < -0.39 is 41.6 Å². The van der Waals surface area contributed by atoms with Crippen molar-refractivity contribution in [3.05, 3.63) is 53.3 Å². The Morgan fingerprint density at radius 1 is 0.929 bits per heavy atom. The average molecular weight is 397 g/mol. The van der Waals surface area contributed by atoms with Gasteiger partial charge in [0, 0.05) is 0 Å². The summed E-state index contributed by atoms with van der Waals surface area (Å²) in [6.07, 6.45) is 0. The number of anilines is 1. The normalized spacial score (nSPS) is 10.3. The highest BCUT2D eigenvalue weighted by Crippen LogP contribution is 2.28. The van der Waals surface area contributed by atoms with Gasteiger partial charge in [0.05, 0.1) is 24.5 Å². The SMILES string of the molecule is CCOc1ccc(C(=O)OCC(=O)Nc2ccc(F)c(F)c2F)cc1OCC. The van der Waals surface area contributed by atoms with E-state index in [-0.39, 0.29) is 5.56 Å². The molecule has 0 fully saturated rings. The van der Waals surface area contributed by atoms with Crippen molar-refractivity contribution < 1.29 is 37.0 Å². The molecular weight excluding hydrogens is 379 g/mol. The zero-order valence-electron chi connectivity index (χ0n) is 15.2. The third kappa shape index (κ3) is 5.15. The lowest BCUT2D eigenvalue weighted by molar-refractivity contribution is -0.119. The summed E-state index contributed by atoms with van der Waals surface area (Å²) in [5.74, 6) is -5.61. The topological polar surface area (TPSA) is 73.9 Å². The molecule has 0 saturated carbocycles. The van der Waals surface area contributed by atoms with Crippen molar-refractivity contribution >= 4 is 17.6 Å². The van der Waals surface area contributed by atoms with Crippen molar-refractivity contribution in [3.8, 4) is 11.5 Å². The molecule has 1 N–H and O–H groups in total. The fourth-order valence-corrected chi connectivity index (χ4v) is 2.20. The summed E-state index contributed by atoms with van der Waals surface area (Å²) in [5, 5.41) is 2.00. The van der Waals surface area contributed by atoms with E-state index in [1.54, 1.807) is 13.8 Å². The van der Waals surface area contributed by atoms with Crippen LogP contribution in [0.5, 0.6) is 11.5 Å². The fraction of sp³-hybridized carbons (Fsp3) is 0.263.